The third-order valence-corrected chi connectivity index (χ3v) is 4.54. The predicted octanol–water partition coefficient (Wildman–Crippen LogP) is 4.91. The zero-order valence-corrected chi connectivity index (χ0v) is 14.6. The van der Waals surface area contributed by atoms with Crippen LogP contribution in [-0.2, 0) is 16.1 Å². The number of nitrogens with zero attached hydrogens (tertiary/aromatic N) is 1. The van der Waals surface area contributed by atoms with Gasteiger partial charge in [0, 0.05) is 6.54 Å². The molecule has 0 saturated carbocycles. The minimum atomic E-state index is -2.87. The van der Waals surface area contributed by atoms with Crippen molar-refractivity contribution in [3.8, 4) is 0 Å². The van der Waals surface area contributed by atoms with Gasteiger partial charge in [-0.3, -0.25) is 0 Å². The van der Waals surface area contributed by atoms with Crippen molar-refractivity contribution in [2.24, 2.45) is 0 Å². The first-order chi connectivity index (χ1) is 13.0. The molecule has 4 nitrogen and oxygen atoms in total. The van der Waals surface area contributed by atoms with Crippen LogP contribution in [0.4, 0.5) is 18.0 Å². The highest BCUT2D eigenvalue weighted by molar-refractivity contribution is 5.68. The van der Waals surface area contributed by atoms with E-state index in [9.17, 15) is 18.0 Å². The third-order valence-electron chi connectivity index (χ3n) is 4.54. The first kappa shape index (κ1) is 19.2. The molecule has 0 N–H and O–H groups in total. The fraction of sp³-hybridized carbons (Fsp3) is 0.350. The SMILES string of the molecule is O=C(OCc1ccccc1)N1CC[C@H](OC(F)F)C[C@H]1c1ccc(F)cc1. The number of likely N-dealkylation sites (tertiary alicyclic amines) is 1. The number of hydrogen-bond donors (Lipinski definition) is 0. The van der Waals surface area contributed by atoms with E-state index in [1.807, 2.05) is 30.3 Å². The van der Waals surface area contributed by atoms with Crippen molar-refractivity contribution in [1.82, 2.24) is 4.90 Å². The van der Waals surface area contributed by atoms with Crippen LogP contribution in [0.3, 0.4) is 0 Å². The highest BCUT2D eigenvalue weighted by atomic mass is 19.3. The molecule has 1 amide bonds. The van der Waals surface area contributed by atoms with Gasteiger partial charge in [-0.1, -0.05) is 42.5 Å². The van der Waals surface area contributed by atoms with Crippen molar-refractivity contribution in [3.63, 3.8) is 0 Å². The lowest BCUT2D eigenvalue weighted by atomic mass is 9.93. The molecule has 1 aliphatic rings. The monoisotopic (exact) mass is 379 g/mol. The Morgan fingerprint density at radius 2 is 1.81 bits per heavy atom. The van der Waals surface area contributed by atoms with Crippen molar-refractivity contribution >= 4 is 6.09 Å². The number of hydrogen-bond acceptors (Lipinski definition) is 3. The highest BCUT2D eigenvalue weighted by Crippen LogP contribution is 2.33. The van der Waals surface area contributed by atoms with Crippen molar-refractivity contribution in [2.45, 2.75) is 38.2 Å². The van der Waals surface area contributed by atoms with Gasteiger partial charge in [-0.2, -0.15) is 8.78 Å². The van der Waals surface area contributed by atoms with Crippen molar-refractivity contribution in [2.75, 3.05) is 6.54 Å². The smallest absolute Gasteiger partial charge is 0.410 e. The van der Waals surface area contributed by atoms with E-state index >= 15 is 0 Å². The van der Waals surface area contributed by atoms with Gasteiger partial charge >= 0.3 is 12.7 Å². The quantitative estimate of drug-likeness (QED) is 0.741. The van der Waals surface area contributed by atoms with Gasteiger partial charge < -0.3 is 14.4 Å². The molecule has 27 heavy (non-hydrogen) atoms. The third kappa shape index (κ3) is 5.23. The molecule has 0 aliphatic carbocycles. The fourth-order valence-corrected chi connectivity index (χ4v) is 3.22. The molecular formula is C20H20F3NO3. The van der Waals surface area contributed by atoms with E-state index in [0.717, 1.165) is 5.56 Å². The number of benzene rings is 2. The van der Waals surface area contributed by atoms with Crippen molar-refractivity contribution < 1.29 is 27.4 Å². The molecular weight excluding hydrogens is 359 g/mol. The van der Waals surface area contributed by atoms with Gasteiger partial charge in [0.2, 0.25) is 0 Å². The van der Waals surface area contributed by atoms with Gasteiger partial charge in [0.05, 0.1) is 12.1 Å². The summed E-state index contributed by atoms with van der Waals surface area (Å²) in [4.78, 5) is 14.1. The number of carbonyl (C=O) groups is 1. The Labute approximate surface area is 155 Å². The van der Waals surface area contributed by atoms with Gasteiger partial charge in [0.1, 0.15) is 12.4 Å². The van der Waals surface area contributed by atoms with E-state index in [1.165, 1.54) is 17.0 Å². The highest BCUT2D eigenvalue weighted by Gasteiger charge is 2.35. The minimum Gasteiger partial charge on any atom is -0.445 e. The van der Waals surface area contributed by atoms with E-state index in [1.54, 1.807) is 12.1 Å². The summed E-state index contributed by atoms with van der Waals surface area (Å²) in [6.07, 6.45) is -0.749. The summed E-state index contributed by atoms with van der Waals surface area (Å²) < 4.78 is 48.4. The second kappa shape index (κ2) is 8.90. The average Bonchev–Trinajstić information content (AvgIpc) is 2.67. The summed E-state index contributed by atoms with van der Waals surface area (Å²) in [6, 6.07) is 14.4. The van der Waals surface area contributed by atoms with Crippen LogP contribution in [0.2, 0.25) is 0 Å². The minimum absolute atomic E-state index is 0.114. The Hall–Kier alpha value is -2.54. The summed E-state index contributed by atoms with van der Waals surface area (Å²) in [5, 5.41) is 0. The van der Waals surface area contributed by atoms with E-state index in [0.29, 0.717) is 5.56 Å². The number of halogens is 3. The van der Waals surface area contributed by atoms with Gasteiger partial charge in [-0.15, -0.1) is 0 Å². The molecule has 0 unspecified atom stereocenters. The molecule has 0 bridgehead atoms. The number of alkyl halides is 2. The number of carbonyl (C=O) groups excluding carboxylic acids is 1. The maximum atomic E-state index is 13.2. The molecule has 1 fully saturated rings. The summed E-state index contributed by atoms with van der Waals surface area (Å²) >= 11 is 0. The Bertz CT molecular complexity index is 740. The van der Waals surface area contributed by atoms with Gasteiger partial charge in [0.15, 0.2) is 0 Å². The van der Waals surface area contributed by atoms with E-state index in [4.69, 9.17) is 4.74 Å². The largest absolute Gasteiger partial charge is 0.445 e. The molecule has 1 saturated heterocycles. The van der Waals surface area contributed by atoms with Gasteiger partial charge in [-0.05, 0) is 36.1 Å². The molecule has 0 aromatic heterocycles. The first-order valence-corrected chi connectivity index (χ1v) is 8.69. The van der Waals surface area contributed by atoms with Crippen LogP contribution < -0.4 is 0 Å². The van der Waals surface area contributed by atoms with Crippen LogP contribution >= 0.6 is 0 Å². The van der Waals surface area contributed by atoms with E-state index < -0.39 is 30.7 Å². The number of piperidine rings is 1. The lowest BCUT2D eigenvalue weighted by Crippen LogP contribution is -2.43. The number of ether oxygens (including phenoxy) is 2. The Kier molecular flexibility index (Phi) is 6.34. The summed E-state index contributed by atoms with van der Waals surface area (Å²) in [6.45, 7) is -2.54. The van der Waals surface area contributed by atoms with E-state index in [2.05, 4.69) is 4.74 Å². The van der Waals surface area contributed by atoms with Crippen molar-refractivity contribution in [1.29, 1.82) is 0 Å². The van der Waals surface area contributed by atoms with Gasteiger partial charge in [-0.25, -0.2) is 9.18 Å². The normalized spacial score (nSPS) is 19.9. The summed E-state index contributed by atoms with van der Waals surface area (Å²) in [5.74, 6) is -0.409. The van der Waals surface area contributed by atoms with Crippen LogP contribution in [0.5, 0.6) is 0 Å². The first-order valence-electron chi connectivity index (χ1n) is 8.69. The van der Waals surface area contributed by atoms with Gasteiger partial charge in [0.25, 0.3) is 0 Å². The average molecular weight is 379 g/mol. The lowest BCUT2D eigenvalue weighted by Gasteiger charge is -2.38. The van der Waals surface area contributed by atoms with Crippen LogP contribution in [-0.4, -0.2) is 30.3 Å². The van der Waals surface area contributed by atoms with E-state index in [-0.39, 0.29) is 26.0 Å². The molecule has 7 heteroatoms. The van der Waals surface area contributed by atoms with Crippen LogP contribution in [0, 0.1) is 5.82 Å². The topological polar surface area (TPSA) is 38.8 Å². The maximum Gasteiger partial charge on any atom is 0.410 e. The van der Waals surface area contributed by atoms with Crippen LogP contribution in [0.1, 0.15) is 30.0 Å². The maximum absolute atomic E-state index is 13.2. The molecule has 3 rings (SSSR count). The molecule has 1 aliphatic heterocycles. The summed E-state index contributed by atoms with van der Waals surface area (Å²) in [5.41, 5.74) is 1.50. The Morgan fingerprint density at radius 1 is 1.11 bits per heavy atom. The van der Waals surface area contributed by atoms with Crippen molar-refractivity contribution in [3.05, 3.63) is 71.5 Å². The zero-order valence-electron chi connectivity index (χ0n) is 14.6. The Morgan fingerprint density at radius 3 is 2.48 bits per heavy atom. The predicted molar refractivity (Wildman–Crippen MR) is 92.6 cm³/mol. The summed E-state index contributed by atoms with van der Waals surface area (Å²) in [7, 11) is 0. The Balaban J connectivity index is 1.72. The molecule has 1 heterocycles. The molecule has 144 valence electrons. The molecule has 0 spiro atoms. The zero-order chi connectivity index (χ0) is 19.2. The molecule has 0 radical (unpaired) electrons. The van der Waals surface area contributed by atoms with Crippen LogP contribution in [0.25, 0.3) is 0 Å². The number of amides is 1. The fourth-order valence-electron chi connectivity index (χ4n) is 3.22. The second-order valence-electron chi connectivity index (χ2n) is 6.34. The van der Waals surface area contributed by atoms with Crippen LogP contribution in [0.15, 0.2) is 54.6 Å². The standard InChI is InChI=1S/C20H20F3NO3/c21-16-8-6-15(7-9-16)18-12-17(27-19(22)23)10-11-24(18)20(25)26-13-14-4-2-1-3-5-14/h1-9,17-19H,10-13H2/t17-,18-/m0/s1. The number of rotatable bonds is 5. The second-order valence-corrected chi connectivity index (χ2v) is 6.34. The molecule has 2 atom stereocenters. The molecule has 2 aromatic rings. The lowest BCUT2D eigenvalue weighted by molar-refractivity contribution is -0.176. The molecule has 2 aromatic carbocycles.